The van der Waals surface area contributed by atoms with E-state index in [1.807, 2.05) is 29.2 Å². The zero-order valence-electron chi connectivity index (χ0n) is 16.0. The van der Waals surface area contributed by atoms with Crippen molar-refractivity contribution in [2.24, 2.45) is 5.92 Å². The summed E-state index contributed by atoms with van der Waals surface area (Å²) in [4.78, 5) is 29.6. The monoisotopic (exact) mass is 360 g/mol. The fraction of sp³-hybridized carbons (Fsp3) is 0.600. The van der Waals surface area contributed by atoms with Gasteiger partial charge >= 0.3 is 0 Å². The van der Waals surface area contributed by atoms with Crippen molar-refractivity contribution in [2.75, 3.05) is 58.2 Å². The molecule has 0 saturated carbocycles. The molecule has 0 unspecified atom stereocenters. The number of hydrogen-bond acceptors (Lipinski definition) is 2. The first-order valence-corrected chi connectivity index (χ1v) is 9.85. The summed E-state index contributed by atoms with van der Waals surface area (Å²) < 4.78 is 0. The molecule has 2 heterocycles. The summed E-state index contributed by atoms with van der Waals surface area (Å²) in [5, 5.41) is 2.96. The number of nitrogens with zero attached hydrogens (tertiary/aromatic N) is 1. The number of likely N-dealkylation sites (tertiary alicyclic amines) is 1. The molecule has 0 spiro atoms. The number of nitrogens with one attached hydrogen (secondary N) is 3. The van der Waals surface area contributed by atoms with Crippen LogP contribution in [0.2, 0.25) is 0 Å². The molecule has 2 amide bonds. The summed E-state index contributed by atoms with van der Waals surface area (Å²) in [7, 11) is 2.20. The lowest BCUT2D eigenvalue weighted by Gasteiger charge is -2.30. The van der Waals surface area contributed by atoms with E-state index in [1.54, 1.807) is 0 Å². The molecule has 3 rings (SSSR count). The molecular formula is C20H32N4O2+2. The summed E-state index contributed by atoms with van der Waals surface area (Å²) >= 11 is 0. The first kappa shape index (κ1) is 18.9. The van der Waals surface area contributed by atoms with Gasteiger partial charge in [0, 0.05) is 24.3 Å². The van der Waals surface area contributed by atoms with Crippen molar-refractivity contribution in [2.45, 2.75) is 19.8 Å². The molecule has 0 radical (unpaired) electrons. The largest absolute Gasteiger partial charge is 0.339 e. The van der Waals surface area contributed by atoms with E-state index in [2.05, 4.69) is 19.3 Å². The van der Waals surface area contributed by atoms with Crippen LogP contribution in [0.15, 0.2) is 24.3 Å². The van der Waals surface area contributed by atoms with Crippen LogP contribution in [-0.2, 0) is 4.79 Å². The highest BCUT2D eigenvalue weighted by Gasteiger charge is 2.23. The number of quaternary nitrogens is 2. The molecule has 0 aliphatic carbocycles. The highest BCUT2D eigenvalue weighted by atomic mass is 16.2. The number of piperazine rings is 1. The van der Waals surface area contributed by atoms with Crippen LogP contribution in [0.3, 0.4) is 0 Å². The molecular weight excluding hydrogens is 328 g/mol. The van der Waals surface area contributed by atoms with Crippen molar-refractivity contribution in [3.8, 4) is 0 Å². The summed E-state index contributed by atoms with van der Waals surface area (Å²) in [5.74, 6) is 0.850. The minimum atomic E-state index is 0.0450. The second-order valence-electron chi connectivity index (χ2n) is 7.98. The maximum atomic E-state index is 12.6. The van der Waals surface area contributed by atoms with E-state index in [4.69, 9.17) is 0 Å². The average Bonchev–Trinajstić information content (AvgIpc) is 2.64. The third kappa shape index (κ3) is 5.05. The number of piperidine rings is 1. The molecule has 6 heteroatoms. The van der Waals surface area contributed by atoms with Crippen LogP contribution in [0.25, 0.3) is 0 Å². The van der Waals surface area contributed by atoms with E-state index < -0.39 is 0 Å². The van der Waals surface area contributed by atoms with Crippen LogP contribution in [0, 0.1) is 5.92 Å². The highest BCUT2D eigenvalue weighted by Crippen LogP contribution is 2.19. The third-order valence-corrected chi connectivity index (χ3v) is 5.71. The maximum Gasteiger partial charge on any atom is 0.279 e. The van der Waals surface area contributed by atoms with Crippen molar-refractivity contribution in [1.29, 1.82) is 0 Å². The van der Waals surface area contributed by atoms with Crippen molar-refractivity contribution < 1.29 is 19.4 Å². The molecule has 1 aromatic carbocycles. The first-order chi connectivity index (χ1) is 12.5. The standard InChI is InChI=1S/C20H30N4O2/c1-16-7-9-24(10-8-16)20(26)17-3-5-18(6-4-17)21-19(25)15-23-13-11-22(2)12-14-23/h3-6,16H,7-15H2,1-2H3,(H,21,25)/p+2. The number of amides is 2. The van der Waals surface area contributed by atoms with E-state index in [9.17, 15) is 9.59 Å². The van der Waals surface area contributed by atoms with E-state index in [-0.39, 0.29) is 11.8 Å². The second kappa shape index (κ2) is 8.64. The molecule has 6 nitrogen and oxygen atoms in total. The topological polar surface area (TPSA) is 58.3 Å². The Morgan fingerprint density at radius 2 is 1.69 bits per heavy atom. The van der Waals surface area contributed by atoms with Crippen molar-refractivity contribution in [1.82, 2.24) is 4.90 Å². The molecule has 0 aromatic heterocycles. The van der Waals surface area contributed by atoms with Crippen LogP contribution in [0.4, 0.5) is 5.69 Å². The summed E-state index contributed by atoms with van der Waals surface area (Å²) in [6.07, 6.45) is 2.16. The molecule has 26 heavy (non-hydrogen) atoms. The van der Waals surface area contributed by atoms with Gasteiger partial charge < -0.3 is 20.0 Å². The van der Waals surface area contributed by atoms with Crippen LogP contribution in [-0.4, -0.2) is 69.6 Å². The Labute approximate surface area is 156 Å². The lowest BCUT2D eigenvalue weighted by molar-refractivity contribution is -0.999. The fourth-order valence-electron chi connectivity index (χ4n) is 3.73. The van der Waals surface area contributed by atoms with E-state index in [0.717, 1.165) is 57.8 Å². The molecule has 1 aromatic rings. The Kier molecular flexibility index (Phi) is 6.27. The third-order valence-electron chi connectivity index (χ3n) is 5.71. The maximum absolute atomic E-state index is 12.6. The minimum Gasteiger partial charge on any atom is -0.339 e. The molecule has 0 bridgehead atoms. The van der Waals surface area contributed by atoms with Crippen LogP contribution < -0.4 is 15.1 Å². The van der Waals surface area contributed by atoms with Crippen LogP contribution in [0.1, 0.15) is 30.1 Å². The Bertz CT molecular complexity index is 615. The van der Waals surface area contributed by atoms with Gasteiger partial charge in [0.15, 0.2) is 6.54 Å². The summed E-state index contributed by atoms with van der Waals surface area (Å²) in [6.45, 7) is 8.76. The zero-order valence-corrected chi connectivity index (χ0v) is 16.0. The van der Waals surface area contributed by atoms with Crippen LogP contribution >= 0.6 is 0 Å². The number of benzene rings is 1. The first-order valence-electron chi connectivity index (χ1n) is 9.85. The smallest absolute Gasteiger partial charge is 0.279 e. The molecule has 2 aliphatic heterocycles. The van der Waals surface area contributed by atoms with Crippen LogP contribution in [0.5, 0.6) is 0 Å². The van der Waals surface area contributed by atoms with Gasteiger partial charge in [-0.15, -0.1) is 0 Å². The lowest BCUT2D eigenvalue weighted by atomic mass is 9.98. The van der Waals surface area contributed by atoms with Gasteiger partial charge in [0.2, 0.25) is 0 Å². The number of likely N-dealkylation sites (N-methyl/N-ethyl adjacent to an activating group) is 1. The quantitative estimate of drug-likeness (QED) is 0.639. The molecule has 3 N–H and O–H groups in total. The Hall–Kier alpha value is -1.92. The Morgan fingerprint density at radius 1 is 1.08 bits per heavy atom. The Morgan fingerprint density at radius 3 is 2.31 bits per heavy atom. The second-order valence-corrected chi connectivity index (χ2v) is 7.98. The number of carbonyl (C=O) groups is 2. The molecule has 2 aliphatic rings. The predicted molar refractivity (Wildman–Crippen MR) is 102 cm³/mol. The van der Waals surface area contributed by atoms with E-state index >= 15 is 0 Å². The van der Waals surface area contributed by atoms with Crippen molar-refractivity contribution >= 4 is 17.5 Å². The normalized spacial score (nSPS) is 24.3. The minimum absolute atomic E-state index is 0.0450. The average molecular weight is 361 g/mol. The van der Waals surface area contributed by atoms with Gasteiger partial charge in [-0.3, -0.25) is 9.59 Å². The van der Waals surface area contributed by atoms with Gasteiger partial charge in [-0.2, -0.15) is 0 Å². The van der Waals surface area contributed by atoms with E-state index in [1.165, 1.54) is 9.80 Å². The number of anilines is 1. The van der Waals surface area contributed by atoms with Gasteiger partial charge in [-0.1, -0.05) is 6.92 Å². The number of carbonyl (C=O) groups excluding carboxylic acids is 2. The van der Waals surface area contributed by atoms with Gasteiger partial charge in [-0.05, 0) is 43.0 Å². The molecule has 2 saturated heterocycles. The molecule has 2 fully saturated rings. The van der Waals surface area contributed by atoms with Gasteiger partial charge in [0.05, 0.1) is 7.05 Å². The van der Waals surface area contributed by atoms with Crippen molar-refractivity contribution in [3.63, 3.8) is 0 Å². The van der Waals surface area contributed by atoms with Gasteiger partial charge in [0.1, 0.15) is 26.2 Å². The number of hydrogen-bond donors (Lipinski definition) is 3. The SMILES string of the molecule is CC1CCN(C(=O)c2ccc(NC(=O)C[NH+]3CC[NH+](C)CC3)cc2)CC1. The zero-order chi connectivity index (χ0) is 18.5. The predicted octanol–water partition coefficient (Wildman–Crippen LogP) is -1.09. The summed E-state index contributed by atoms with van der Waals surface area (Å²) in [6, 6.07) is 7.31. The highest BCUT2D eigenvalue weighted by molar-refractivity contribution is 5.96. The van der Waals surface area contributed by atoms with Crippen molar-refractivity contribution in [3.05, 3.63) is 29.8 Å². The van der Waals surface area contributed by atoms with Gasteiger partial charge in [-0.25, -0.2) is 0 Å². The molecule has 142 valence electrons. The lowest BCUT2D eigenvalue weighted by Crippen LogP contribution is -3.27. The number of rotatable bonds is 4. The fourth-order valence-corrected chi connectivity index (χ4v) is 3.73. The summed E-state index contributed by atoms with van der Waals surface area (Å²) in [5.41, 5.74) is 1.46. The van der Waals surface area contributed by atoms with Gasteiger partial charge in [0.25, 0.3) is 11.8 Å². The molecule has 0 atom stereocenters. The van der Waals surface area contributed by atoms with E-state index in [0.29, 0.717) is 18.0 Å². The Balaban J connectivity index is 1.49.